The van der Waals surface area contributed by atoms with Crippen molar-refractivity contribution in [2.45, 2.75) is 44.2 Å². The predicted octanol–water partition coefficient (Wildman–Crippen LogP) is 4.79. The van der Waals surface area contributed by atoms with E-state index in [0.29, 0.717) is 15.9 Å². The summed E-state index contributed by atoms with van der Waals surface area (Å²) in [5.74, 6) is -1.22. The molecule has 0 radical (unpaired) electrons. The number of aliphatic hydroxyl groups excluding tert-OH is 1. The Hall–Kier alpha value is -2.15. The van der Waals surface area contributed by atoms with Crippen LogP contribution in [0.25, 0.3) is 21.3 Å². The summed E-state index contributed by atoms with van der Waals surface area (Å²) < 4.78 is 1.86. The summed E-state index contributed by atoms with van der Waals surface area (Å²) in [6.45, 7) is 0. The lowest BCUT2D eigenvalue weighted by atomic mass is 9.95. The summed E-state index contributed by atoms with van der Waals surface area (Å²) in [5.41, 5.74) is 1.66. The molecule has 28 heavy (non-hydrogen) atoms. The fourth-order valence-electron chi connectivity index (χ4n) is 4.06. The lowest BCUT2D eigenvalue weighted by Gasteiger charge is -2.16. The molecule has 0 aliphatic heterocycles. The molecule has 1 atom stereocenters. The fraction of sp³-hybridized carbons (Fsp3) is 0.333. The quantitative estimate of drug-likeness (QED) is 0.644. The second-order valence-electron chi connectivity index (χ2n) is 7.54. The summed E-state index contributed by atoms with van der Waals surface area (Å²) in [7, 11) is 0. The highest BCUT2D eigenvalue weighted by atomic mass is 35.5. The van der Waals surface area contributed by atoms with E-state index in [1.54, 1.807) is 23.5 Å². The zero-order valence-electron chi connectivity index (χ0n) is 14.9. The molecule has 144 valence electrons. The van der Waals surface area contributed by atoms with Gasteiger partial charge in [0.15, 0.2) is 0 Å². The number of hydrogen-bond acceptors (Lipinski definition) is 4. The summed E-state index contributed by atoms with van der Waals surface area (Å²) in [6, 6.07) is 5.65. The number of benzene rings is 1. The number of rotatable bonds is 3. The molecule has 1 unspecified atom stereocenters. The third-order valence-corrected chi connectivity index (χ3v) is 7.28. The minimum Gasteiger partial charge on any atom is -0.477 e. The highest BCUT2D eigenvalue weighted by molar-refractivity contribution is 7.15. The standard InChI is InChI=1S/C21H18ClNO4S/c22-18-11(17-8-13-15(24)2-1-3-16(13)28-17)6-7-12-19(18)23(10-4-5-10)9-14(20(12)25)21(26)27/h6-10,15,24H,1-5H2,(H,26,27). The van der Waals surface area contributed by atoms with Gasteiger partial charge in [0.2, 0.25) is 5.43 Å². The number of carbonyl (C=O) groups is 1. The van der Waals surface area contributed by atoms with Crippen molar-refractivity contribution in [1.82, 2.24) is 4.57 Å². The third-order valence-electron chi connectivity index (χ3n) is 5.65. The number of aryl methyl sites for hydroxylation is 1. The molecular weight excluding hydrogens is 398 g/mol. The van der Waals surface area contributed by atoms with Gasteiger partial charge < -0.3 is 14.8 Å². The Kier molecular flexibility index (Phi) is 4.12. The van der Waals surface area contributed by atoms with Crippen molar-refractivity contribution in [3.05, 3.63) is 55.6 Å². The number of aliphatic hydroxyl groups is 1. The van der Waals surface area contributed by atoms with Gasteiger partial charge in [-0.15, -0.1) is 11.3 Å². The number of thiophene rings is 1. The van der Waals surface area contributed by atoms with Gasteiger partial charge in [0.05, 0.1) is 16.6 Å². The lowest BCUT2D eigenvalue weighted by molar-refractivity contribution is 0.0695. The van der Waals surface area contributed by atoms with Crippen LogP contribution in [-0.4, -0.2) is 20.7 Å². The molecule has 2 aliphatic rings. The van der Waals surface area contributed by atoms with E-state index in [-0.39, 0.29) is 11.6 Å². The normalized spacial score (nSPS) is 19.0. The molecule has 1 saturated carbocycles. The average molecular weight is 416 g/mol. The van der Waals surface area contributed by atoms with Crippen molar-refractivity contribution in [3.8, 4) is 10.4 Å². The topological polar surface area (TPSA) is 79.5 Å². The molecular formula is C21H18ClNO4S. The minimum absolute atomic E-state index is 0.173. The van der Waals surface area contributed by atoms with Crippen molar-refractivity contribution in [2.24, 2.45) is 0 Å². The van der Waals surface area contributed by atoms with E-state index < -0.39 is 17.5 Å². The molecule has 2 aromatic heterocycles. The second kappa shape index (κ2) is 6.44. The third kappa shape index (κ3) is 2.70. The molecule has 2 heterocycles. The molecule has 2 N–H and O–H groups in total. The van der Waals surface area contributed by atoms with E-state index in [4.69, 9.17) is 11.6 Å². The van der Waals surface area contributed by atoms with Crippen LogP contribution in [-0.2, 0) is 6.42 Å². The first kappa shape index (κ1) is 17.9. The maximum absolute atomic E-state index is 12.7. The smallest absolute Gasteiger partial charge is 0.341 e. The van der Waals surface area contributed by atoms with Gasteiger partial charge in [0.1, 0.15) is 5.56 Å². The van der Waals surface area contributed by atoms with Crippen molar-refractivity contribution in [2.75, 3.05) is 0 Å². The fourth-order valence-corrected chi connectivity index (χ4v) is 5.77. The number of halogens is 1. The van der Waals surface area contributed by atoms with Crippen LogP contribution in [0.1, 0.15) is 58.6 Å². The van der Waals surface area contributed by atoms with Crippen LogP contribution < -0.4 is 5.43 Å². The number of carboxylic acid groups (broad SMARTS) is 1. The van der Waals surface area contributed by atoms with Gasteiger partial charge in [0.25, 0.3) is 0 Å². The molecule has 0 bridgehead atoms. The monoisotopic (exact) mass is 415 g/mol. The van der Waals surface area contributed by atoms with Gasteiger partial charge in [-0.2, -0.15) is 0 Å². The van der Waals surface area contributed by atoms with E-state index in [1.165, 1.54) is 11.1 Å². The Morgan fingerprint density at radius 2 is 2.04 bits per heavy atom. The van der Waals surface area contributed by atoms with Gasteiger partial charge in [0, 0.05) is 32.9 Å². The Balaban J connectivity index is 1.76. The van der Waals surface area contributed by atoms with Crippen LogP contribution in [0, 0.1) is 0 Å². The van der Waals surface area contributed by atoms with Crippen molar-refractivity contribution in [3.63, 3.8) is 0 Å². The number of aromatic nitrogens is 1. The Bertz CT molecular complexity index is 1190. The van der Waals surface area contributed by atoms with E-state index in [1.807, 2.05) is 10.6 Å². The molecule has 2 aliphatic carbocycles. The van der Waals surface area contributed by atoms with Crippen LogP contribution in [0.5, 0.6) is 0 Å². The molecule has 0 spiro atoms. The molecule has 1 fully saturated rings. The van der Waals surface area contributed by atoms with E-state index >= 15 is 0 Å². The lowest BCUT2D eigenvalue weighted by Crippen LogP contribution is -2.19. The molecule has 3 aromatic rings. The van der Waals surface area contributed by atoms with E-state index in [2.05, 4.69) is 0 Å². The Labute approximate surface area is 169 Å². The van der Waals surface area contributed by atoms with Gasteiger partial charge in [-0.1, -0.05) is 17.7 Å². The van der Waals surface area contributed by atoms with Crippen LogP contribution in [0.15, 0.2) is 29.2 Å². The SMILES string of the molecule is O=C(O)c1cn(C2CC2)c2c(Cl)c(-c3cc4c(s3)CCCC4O)ccc2c1=O. The largest absolute Gasteiger partial charge is 0.477 e. The van der Waals surface area contributed by atoms with Gasteiger partial charge in [-0.05, 0) is 49.8 Å². The zero-order chi connectivity index (χ0) is 19.6. The second-order valence-corrected chi connectivity index (χ2v) is 9.05. The highest BCUT2D eigenvalue weighted by Gasteiger charge is 2.29. The molecule has 0 saturated heterocycles. The first-order valence-corrected chi connectivity index (χ1v) is 10.6. The van der Waals surface area contributed by atoms with E-state index in [9.17, 15) is 19.8 Å². The summed E-state index contributed by atoms with van der Waals surface area (Å²) in [5, 5.41) is 20.5. The van der Waals surface area contributed by atoms with Crippen LogP contribution in [0.4, 0.5) is 0 Å². The van der Waals surface area contributed by atoms with Crippen LogP contribution in [0.3, 0.4) is 0 Å². The van der Waals surface area contributed by atoms with Crippen molar-refractivity contribution < 1.29 is 15.0 Å². The predicted molar refractivity (Wildman–Crippen MR) is 110 cm³/mol. The van der Waals surface area contributed by atoms with Crippen molar-refractivity contribution in [1.29, 1.82) is 0 Å². The molecule has 7 heteroatoms. The first-order chi connectivity index (χ1) is 13.5. The summed E-state index contributed by atoms with van der Waals surface area (Å²) in [4.78, 5) is 26.3. The van der Waals surface area contributed by atoms with Crippen LogP contribution >= 0.6 is 22.9 Å². The molecule has 1 aromatic carbocycles. The van der Waals surface area contributed by atoms with Gasteiger partial charge in [-0.25, -0.2) is 4.79 Å². The number of hydrogen-bond donors (Lipinski definition) is 2. The minimum atomic E-state index is -1.22. The number of pyridine rings is 1. The molecule has 5 nitrogen and oxygen atoms in total. The molecule has 5 rings (SSSR count). The zero-order valence-corrected chi connectivity index (χ0v) is 16.5. The highest BCUT2D eigenvalue weighted by Crippen LogP contribution is 2.45. The van der Waals surface area contributed by atoms with Crippen molar-refractivity contribution >= 4 is 39.8 Å². The first-order valence-electron chi connectivity index (χ1n) is 9.37. The average Bonchev–Trinajstić information content (AvgIpc) is 3.41. The number of nitrogens with zero attached hydrogens (tertiary/aromatic N) is 1. The number of carboxylic acids is 1. The number of fused-ring (bicyclic) bond motifs is 2. The molecule has 0 amide bonds. The summed E-state index contributed by atoms with van der Waals surface area (Å²) >= 11 is 8.43. The Morgan fingerprint density at radius 3 is 2.71 bits per heavy atom. The van der Waals surface area contributed by atoms with Gasteiger partial charge in [-0.3, -0.25) is 4.79 Å². The maximum atomic E-state index is 12.7. The van der Waals surface area contributed by atoms with Gasteiger partial charge >= 0.3 is 5.97 Å². The summed E-state index contributed by atoms with van der Waals surface area (Å²) in [6.07, 6.45) is 5.58. The van der Waals surface area contributed by atoms with Crippen LogP contribution in [0.2, 0.25) is 5.02 Å². The Morgan fingerprint density at radius 1 is 1.25 bits per heavy atom. The number of aromatic carboxylic acids is 1. The van der Waals surface area contributed by atoms with E-state index in [0.717, 1.165) is 48.1 Å². The maximum Gasteiger partial charge on any atom is 0.341 e.